The molecule has 1 nitrogen and oxygen atoms in total. The molecule has 0 bridgehead atoms. The van der Waals surface area contributed by atoms with Crippen LogP contribution in [0.25, 0.3) is 5.57 Å². The van der Waals surface area contributed by atoms with E-state index in [1.54, 1.807) is 0 Å². The number of nitrogens with zero attached hydrogens (tertiary/aromatic N) is 1. The number of allylic oxidation sites excluding steroid dienone is 2. The summed E-state index contributed by atoms with van der Waals surface area (Å²) in [6, 6.07) is 4.13. The molecule has 0 unspecified atom stereocenters. The Kier molecular flexibility index (Phi) is 2.64. The Hall–Kier alpha value is -1.11. The molecule has 1 aromatic heterocycles. The van der Waals surface area contributed by atoms with Gasteiger partial charge in [-0.3, -0.25) is 4.98 Å². The van der Waals surface area contributed by atoms with E-state index >= 15 is 0 Å². The van der Waals surface area contributed by atoms with E-state index in [4.69, 9.17) is 0 Å². The highest BCUT2D eigenvalue weighted by molar-refractivity contribution is 5.63. The maximum Gasteiger partial charge on any atom is 0.0660 e. The Morgan fingerprint density at radius 3 is 2.42 bits per heavy atom. The minimum atomic E-state index is 1.09. The molecule has 1 heterocycles. The molecule has 64 valence electrons. The minimum absolute atomic E-state index is 1.09. The van der Waals surface area contributed by atoms with Crippen LogP contribution in [-0.2, 0) is 0 Å². The van der Waals surface area contributed by atoms with Gasteiger partial charge in [-0.05, 0) is 51.0 Å². The van der Waals surface area contributed by atoms with E-state index < -0.39 is 0 Å². The number of pyridine rings is 1. The summed E-state index contributed by atoms with van der Waals surface area (Å²) in [4.78, 5) is 4.30. The molecule has 0 aliphatic rings. The highest BCUT2D eigenvalue weighted by Crippen LogP contribution is 2.15. The van der Waals surface area contributed by atoms with Crippen molar-refractivity contribution in [3.8, 4) is 0 Å². The summed E-state index contributed by atoms with van der Waals surface area (Å²) in [5.41, 5.74) is 4.96. The Morgan fingerprint density at radius 2 is 1.92 bits per heavy atom. The van der Waals surface area contributed by atoms with E-state index in [0.717, 1.165) is 5.69 Å². The first-order chi connectivity index (χ1) is 5.61. The largest absolute Gasteiger partial charge is 0.257 e. The predicted molar refractivity (Wildman–Crippen MR) is 52.9 cm³/mol. The molecular weight excluding hydrogens is 146 g/mol. The van der Waals surface area contributed by atoms with Crippen LogP contribution in [0.1, 0.15) is 32.0 Å². The zero-order chi connectivity index (χ0) is 9.14. The molecule has 0 radical (unpaired) electrons. The van der Waals surface area contributed by atoms with Crippen LogP contribution in [0.15, 0.2) is 23.9 Å². The van der Waals surface area contributed by atoms with Gasteiger partial charge in [-0.15, -0.1) is 0 Å². The summed E-state index contributed by atoms with van der Waals surface area (Å²) >= 11 is 0. The predicted octanol–water partition coefficient (Wildman–Crippen LogP) is 3.20. The molecule has 0 saturated carbocycles. The van der Waals surface area contributed by atoms with E-state index in [-0.39, 0.29) is 0 Å². The second-order valence-corrected chi connectivity index (χ2v) is 3.34. The average molecular weight is 161 g/mol. The van der Waals surface area contributed by atoms with Gasteiger partial charge in [-0.2, -0.15) is 0 Å². The maximum absolute atomic E-state index is 4.30. The first-order valence-electron chi connectivity index (χ1n) is 4.18. The quantitative estimate of drug-likeness (QED) is 0.616. The van der Waals surface area contributed by atoms with Gasteiger partial charge < -0.3 is 0 Å². The normalized spacial score (nSPS) is 9.67. The molecule has 0 aromatic carbocycles. The second-order valence-electron chi connectivity index (χ2n) is 3.34. The first-order valence-corrected chi connectivity index (χ1v) is 4.18. The van der Waals surface area contributed by atoms with Crippen molar-refractivity contribution in [2.45, 2.75) is 27.7 Å². The highest BCUT2D eigenvalue weighted by atomic mass is 14.7. The molecule has 12 heavy (non-hydrogen) atoms. The summed E-state index contributed by atoms with van der Waals surface area (Å²) in [7, 11) is 0. The van der Waals surface area contributed by atoms with Gasteiger partial charge in [0.05, 0.1) is 5.69 Å². The van der Waals surface area contributed by atoms with E-state index in [0.29, 0.717) is 0 Å². The molecular formula is C11H15N. The third-order valence-corrected chi connectivity index (χ3v) is 2.05. The summed E-state index contributed by atoms with van der Waals surface area (Å²) < 4.78 is 0. The van der Waals surface area contributed by atoms with Crippen molar-refractivity contribution in [2.24, 2.45) is 0 Å². The van der Waals surface area contributed by atoms with Crippen LogP contribution in [0.2, 0.25) is 0 Å². The molecule has 1 aromatic rings. The second kappa shape index (κ2) is 3.53. The van der Waals surface area contributed by atoms with Crippen LogP contribution >= 0.6 is 0 Å². The SMILES string of the molecule is CC(C)=C(C)c1cc(C)ccn1. The fourth-order valence-electron chi connectivity index (χ4n) is 0.997. The van der Waals surface area contributed by atoms with Crippen LogP contribution in [0.3, 0.4) is 0 Å². The van der Waals surface area contributed by atoms with Gasteiger partial charge in [0, 0.05) is 6.20 Å². The van der Waals surface area contributed by atoms with Gasteiger partial charge in [0.25, 0.3) is 0 Å². The van der Waals surface area contributed by atoms with Crippen LogP contribution in [0.5, 0.6) is 0 Å². The number of hydrogen-bond donors (Lipinski definition) is 0. The maximum atomic E-state index is 4.30. The fraction of sp³-hybridized carbons (Fsp3) is 0.364. The molecule has 0 saturated heterocycles. The number of aromatic nitrogens is 1. The summed E-state index contributed by atoms with van der Waals surface area (Å²) in [6.07, 6.45) is 1.86. The van der Waals surface area contributed by atoms with Crippen molar-refractivity contribution in [2.75, 3.05) is 0 Å². The van der Waals surface area contributed by atoms with Gasteiger partial charge in [-0.25, -0.2) is 0 Å². The van der Waals surface area contributed by atoms with Crippen molar-refractivity contribution in [3.05, 3.63) is 35.2 Å². The summed E-state index contributed by atoms with van der Waals surface area (Å²) in [5, 5.41) is 0. The Morgan fingerprint density at radius 1 is 1.25 bits per heavy atom. The van der Waals surface area contributed by atoms with E-state index in [2.05, 4.69) is 38.7 Å². The molecule has 1 rings (SSSR count). The van der Waals surface area contributed by atoms with Gasteiger partial charge in [0.15, 0.2) is 0 Å². The smallest absolute Gasteiger partial charge is 0.0660 e. The van der Waals surface area contributed by atoms with Crippen LogP contribution in [0.4, 0.5) is 0 Å². The van der Waals surface area contributed by atoms with Gasteiger partial charge in [0.2, 0.25) is 0 Å². The van der Waals surface area contributed by atoms with Crippen molar-refractivity contribution in [3.63, 3.8) is 0 Å². The summed E-state index contributed by atoms with van der Waals surface area (Å²) in [6.45, 7) is 8.42. The van der Waals surface area contributed by atoms with Crippen molar-refractivity contribution < 1.29 is 0 Å². The molecule has 0 amide bonds. The lowest BCUT2D eigenvalue weighted by Gasteiger charge is -2.03. The van der Waals surface area contributed by atoms with E-state index in [1.165, 1.54) is 16.7 Å². The van der Waals surface area contributed by atoms with Gasteiger partial charge in [-0.1, -0.05) is 5.57 Å². The zero-order valence-corrected chi connectivity index (χ0v) is 8.18. The molecule has 0 N–H and O–H groups in total. The Balaban J connectivity index is 3.13. The summed E-state index contributed by atoms with van der Waals surface area (Å²) in [5.74, 6) is 0. The lowest BCUT2D eigenvalue weighted by Crippen LogP contribution is -1.87. The first kappa shape index (κ1) is 8.98. The standard InChI is InChI=1S/C11H15N/c1-8(2)10(4)11-7-9(3)5-6-12-11/h5-7H,1-4H3. The highest BCUT2D eigenvalue weighted by Gasteiger charge is 1.97. The number of hydrogen-bond acceptors (Lipinski definition) is 1. The van der Waals surface area contributed by atoms with Crippen LogP contribution in [-0.4, -0.2) is 4.98 Å². The Labute approximate surface area is 74.2 Å². The minimum Gasteiger partial charge on any atom is -0.257 e. The van der Waals surface area contributed by atoms with Crippen molar-refractivity contribution in [1.82, 2.24) is 4.98 Å². The van der Waals surface area contributed by atoms with Gasteiger partial charge in [0.1, 0.15) is 0 Å². The van der Waals surface area contributed by atoms with Crippen molar-refractivity contribution >= 4 is 5.57 Å². The zero-order valence-electron chi connectivity index (χ0n) is 8.18. The van der Waals surface area contributed by atoms with E-state index in [1.807, 2.05) is 12.3 Å². The van der Waals surface area contributed by atoms with Crippen molar-refractivity contribution in [1.29, 1.82) is 0 Å². The van der Waals surface area contributed by atoms with Crippen LogP contribution in [0, 0.1) is 6.92 Å². The van der Waals surface area contributed by atoms with E-state index in [9.17, 15) is 0 Å². The lowest BCUT2D eigenvalue weighted by atomic mass is 10.1. The number of rotatable bonds is 1. The molecule has 0 aliphatic carbocycles. The third kappa shape index (κ3) is 1.94. The van der Waals surface area contributed by atoms with Gasteiger partial charge >= 0.3 is 0 Å². The fourth-order valence-corrected chi connectivity index (χ4v) is 0.997. The monoisotopic (exact) mass is 161 g/mol. The molecule has 0 spiro atoms. The van der Waals surface area contributed by atoms with Crippen LogP contribution < -0.4 is 0 Å². The molecule has 0 fully saturated rings. The lowest BCUT2D eigenvalue weighted by molar-refractivity contribution is 1.21. The molecule has 1 heteroatoms. The molecule has 0 atom stereocenters. The number of aryl methyl sites for hydroxylation is 1. The Bertz CT molecular complexity index is 307. The third-order valence-electron chi connectivity index (χ3n) is 2.05. The average Bonchev–Trinajstić information content (AvgIpc) is 2.03. The topological polar surface area (TPSA) is 12.9 Å². The molecule has 0 aliphatic heterocycles.